The molecule has 0 saturated carbocycles. The van der Waals surface area contributed by atoms with E-state index in [9.17, 15) is 9.59 Å². The van der Waals surface area contributed by atoms with Crippen LogP contribution in [0.4, 0.5) is 0 Å². The van der Waals surface area contributed by atoms with Crippen molar-refractivity contribution in [1.29, 1.82) is 0 Å². The highest BCUT2D eigenvalue weighted by Gasteiger charge is 2.51. The van der Waals surface area contributed by atoms with Crippen LogP contribution in [0.1, 0.15) is 33.2 Å². The lowest BCUT2D eigenvalue weighted by molar-refractivity contribution is 0.154. The van der Waals surface area contributed by atoms with Crippen molar-refractivity contribution in [3.63, 3.8) is 0 Å². The Morgan fingerprint density at radius 2 is 1.53 bits per heavy atom. The van der Waals surface area contributed by atoms with Crippen LogP contribution in [-0.2, 0) is 4.53 Å². The molecule has 0 unspecified atom stereocenters. The summed E-state index contributed by atoms with van der Waals surface area (Å²) in [6.07, 6.45) is 6.21. The molecule has 2 aromatic carbocycles. The maximum Gasteiger partial charge on any atom is 0.328 e. The lowest BCUT2D eigenvalue weighted by Gasteiger charge is -2.42. The van der Waals surface area contributed by atoms with Crippen LogP contribution < -0.4 is 27.1 Å². The molecule has 166 valence electrons. The van der Waals surface area contributed by atoms with Gasteiger partial charge in [-0.25, -0.2) is 10.3 Å². The smallest absolute Gasteiger partial charge is 0.328 e. The lowest BCUT2D eigenvalue weighted by atomic mass is 10.2. The first-order valence-electron chi connectivity index (χ1n) is 10.9. The highest BCUT2D eigenvalue weighted by molar-refractivity contribution is 6.99. The second-order valence-corrected chi connectivity index (χ2v) is 13.4. The molecule has 0 bridgehead atoms. The molecule has 2 atom stereocenters. The normalized spacial score (nSPS) is 18.7. The summed E-state index contributed by atoms with van der Waals surface area (Å²) in [5.41, 5.74) is 2.55. The van der Waals surface area contributed by atoms with Gasteiger partial charge in [0.1, 0.15) is 0 Å². The number of aromatic nitrogens is 2. The van der Waals surface area contributed by atoms with Crippen LogP contribution in [0, 0.1) is 0 Å². The van der Waals surface area contributed by atoms with Crippen molar-refractivity contribution in [1.82, 2.24) is 15.0 Å². The monoisotopic (exact) mass is 447 g/mol. The standard InChI is InChI=1S/C25H29N3O3Si/c1-25(2,3)32(21-10-6-4-7-11-21,22-12-8-5-9-13-22)31-27-19-14-15-20(18-19)28-17-16-23(29)26-24(28)30/h4-17,19-20,27H,18H2,1-3H3,(H,26,29,30)/t19-,20+/m1/s1. The second kappa shape index (κ2) is 8.86. The molecule has 0 spiro atoms. The van der Waals surface area contributed by atoms with Crippen LogP contribution >= 0.6 is 0 Å². The number of nitrogens with one attached hydrogen (secondary N) is 2. The number of nitrogens with zero attached hydrogens (tertiary/aromatic N) is 1. The zero-order valence-corrected chi connectivity index (χ0v) is 19.6. The van der Waals surface area contributed by atoms with Gasteiger partial charge in [0.15, 0.2) is 0 Å². The van der Waals surface area contributed by atoms with E-state index >= 15 is 0 Å². The van der Waals surface area contributed by atoms with Crippen molar-refractivity contribution >= 4 is 18.7 Å². The van der Waals surface area contributed by atoms with Gasteiger partial charge in [-0.2, -0.15) is 0 Å². The summed E-state index contributed by atoms with van der Waals surface area (Å²) in [4.78, 5) is 25.9. The van der Waals surface area contributed by atoms with E-state index < -0.39 is 19.6 Å². The van der Waals surface area contributed by atoms with Crippen molar-refractivity contribution < 1.29 is 4.53 Å². The Bertz CT molecular complexity index is 1160. The van der Waals surface area contributed by atoms with Crippen LogP contribution in [0.15, 0.2) is 94.7 Å². The van der Waals surface area contributed by atoms with Crippen molar-refractivity contribution in [3.8, 4) is 0 Å². The summed E-state index contributed by atoms with van der Waals surface area (Å²) >= 11 is 0. The SMILES string of the molecule is CC(C)(C)[Si](ON[C@@H]1C=C[C@H](n2ccc(=O)[nH]c2=O)C1)(c1ccccc1)c1ccccc1. The van der Waals surface area contributed by atoms with Gasteiger partial charge in [-0.1, -0.05) is 93.6 Å². The summed E-state index contributed by atoms with van der Waals surface area (Å²) in [5, 5.41) is 2.25. The Kier molecular flexibility index (Phi) is 6.14. The van der Waals surface area contributed by atoms with E-state index in [0.717, 1.165) is 0 Å². The van der Waals surface area contributed by atoms with E-state index in [0.29, 0.717) is 6.42 Å². The second-order valence-electron chi connectivity index (χ2n) is 9.20. The molecule has 3 aromatic rings. The quantitative estimate of drug-likeness (QED) is 0.346. The molecule has 1 heterocycles. The molecular weight excluding hydrogens is 418 g/mol. The van der Waals surface area contributed by atoms with Crippen molar-refractivity contribution in [2.75, 3.05) is 0 Å². The summed E-state index contributed by atoms with van der Waals surface area (Å²) in [7, 11) is -2.70. The Morgan fingerprint density at radius 3 is 2.06 bits per heavy atom. The Labute approximate surface area is 188 Å². The van der Waals surface area contributed by atoms with E-state index in [-0.39, 0.29) is 17.1 Å². The average molecular weight is 448 g/mol. The lowest BCUT2D eigenvalue weighted by Crippen LogP contribution is -2.68. The van der Waals surface area contributed by atoms with Crippen LogP contribution in [-0.4, -0.2) is 23.9 Å². The fourth-order valence-electron chi connectivity index (χ4n) is 4.48. The minimum absolute atomic E-state index is 0.0551. The summed E-state index contributed by atoms with van der Waals surface area (Å²) in [6, 6.07) is 22.1. The molecule has 1 aliphatic carbocycles. The molecule has 1 aromatic heterocycles. The van der Waals surface area contributed by atoms with E-state index in [1.165, 1.54) is 16.4 Å². The third kappa shape index (κ3) is 4.19. The van der Waals surface area contributed by atoms with Gasteiger partial charge in [0, 0.05) is 12.3 Å². The zero-order chi connectivity index (χ0) is 22.8. The van der Waals surface area contributed by atoms with Gasteiger partial charge in [0.05, 0.1) is 12.1 Å². The predicted molar refractivity (Wildman–Crippen MR) is 130 cm³/mol. The Balaban J connectivity index is 1.63. The Hall–Kier alpha value is -3.00. The third-order valence-corrected chi connectivity index (χ3v) is 10.9. The molecule has 0 saturated heterocycles. The summed E-state index contributed by atoms with van der Waals surface area (Å²) in [5.74, 6) is 0. The largest absolute Gasteiger partial charge is 0.333 e. The van der Waals surface area contributed by atoms with Crippen LogP contribution in [0.2, 0.25) is 5.04 Å². The number of hydrogen-bond acceptors (Lipinski definition) is 4. The molecule has 6 nitrogen and oxygen atoms in total. The van der Waals surface area contributed by atoms with E-state index in [1.54, 1.807) is 10.8 Å². The molecule has 0 radical (unpaired) electrons. The van der Waals surface area contributed by atoms with Crippen molar-refractivity contribution in [2.24, 2.45) is 0 Å². The fraction of sp³-hybridized carbons (Fsp3) is 0.280. The first-order chi connectivity index (χ1) is 15.3. The third-order valence-electron chi connectivity index (χ3n) is 6.05. The highest BCUT2D eigenvalue weighted by atomic mass is 28.4. The molecule has 4 rings (SSSR count). The van der Waals surface area contributed by atoms with Crippen molar-refractivity contribution in [3.05, 3.63) is 106 Å². The average Bonchev–Trinajstić information content (AvgIpc) is 3.23. The topological polar surface area (TPSA) is 76.1 Å². The molecular formula is C25H29N3O3Si. The molecule has 0 aliphatic heterocycles. The van der Waals surface area contributed by atoms with Gasteiger partial charge < -0.3 is 4.53 Å². The maximum atomic E-state index is 12.2. The fourth-order valence-corrected chi connectivity index (χ4v) is 8.73. The molecule has 0 fully saturated rings. The van der Waals surface area contributed by atoms with Gasteiger partial charge in [0.2, 0.25) is 0 Å². The molecule has 32 heavy (non-hydrogen) atoms. The molecule has 2 N–H and O–H groups in total. The van der Waals surface area contributed by atoms with Gasteiger partial charge in [-0.05, 0) is 21.8 Å². The van der Waals surface area contributed by atoms with E-state index in [1.807, 2.05) is 24.3 Å². The van der Waals surface area contributed by atoms with E-state index in [2.05, 4.69) is 79.8 Å². The number of rotatable bonds is 6. The number of allylic oxidation sites excluding steroid dienone is 1. The van der Waals surface area contributed by atoms with Gasteiger partial charge in [-0.15, -0.1) is 0 Å². The summed E-state index contributed by atoms with van der Waals surface area (Å²) < 4.78 is 8.32. The molecule has 7 heteroatoms. The first kappa shape index (κ1) is 22.2. The predicted octanol–water partition coefficient (Wildman–Crippen LogP) is 2.49. The van der Waals surface area contributed by atoms with Gasteiger partial charge in [0.25, 0.3) is 13.9 Å². The minimum atomic E-state index is -2.70. The Morgan fingerprint density at radius 1 is 0.938 bits per heavy atom. The van der Waals surface area contributed by atoms with E-state index in [4.69, 9.17) is 4.53 Å². The number of hydrogen-bond donors (Lipinski definition) is 2. The van der Waals surface area contributed by atoms with Crippen LogP contribution in [0.3, 0.4) is 0 Å². The number of H-pyrrole nitrogens is 1. The maximum absolute atomic E-state index is 12.2. The van der Waals surface area contributed by atoms with Gasteiger partial charge >= 0.3 is 5.69 Å². The highest BCUT2D eigenvalue weighted by Crippen LogP contribution is 2.36. The number of hydroxylamine groups is 1. The minimum Gasteiger partial charge on any atom is -0.333 e. The zero-order valence-electron chi connectivity index (χ0n) is 18.6. The van der Waals surface area contributed by atoms with Crippen molar-refractivity contribution in [2.45, 2.75) is 44.3 Å². The molecule has 1 aliphatic rings. The van der Waals surface area contributed by atoms with Crippen LogP contribution in [0.5, 0.6) is 0 Å². The van der Waals surface area contributed by atoms with Crippen LogP contribution in [0.25, 0.3) is 0 Å². The number of benzene rings is 2. The number of aromatic amines is 1. The van der Waals surface area contributed by atoms with Gasteiger partial charge in [-0.3, -0.25) is 14.3 Å². The summed E-state index contributed by atoms with van der Waals surface area (Å²) in [6.45, 7) is 6.69. The molecule has 0 amide bonds. The first-order valence-corrected chi connectivity index (χ1v) is 12.8.